The van der Waals surface area contributed by atoms with Crippen LogP contribution in [-0.2, 0) is 0 Å². The molecule has 0 radical (unpaired) electrons. The number of halogens is 1. The van der Waals surface area contributed by atoms with E-state index in [9.17, 15) is 4.79 Å². The first-order valence-electron chi connectivity index (χ1n) is 4.62. The second-order valence-corrected chi connectivity index (χ2v) is 4.64. The van der Waals surface area contributed by atoms with Crippen LogP contribution in [-0.4, -0.2) is 11.3 Å². The van der Waals surface area contributed by atoms with Crippen LogP contribution >= 0.6 is 23.4 Å². The molecule has 2 nitrogen and oxygen atoms in total. The van der Waals surface area contributed by atoms with Crippen molar-refractivity contribution in [2.75, 3.05) is 0 Å². The largest absolute Gasteiger partial charge is 0.298 e. The normalized spacial score (nSPS) is 10.1. The minimum Gasteiger partial charge on any atom is -0.298 e. The van der Waals surface area contributed by atoms with Crippen molar-refractivity contribution in [1.29, 1.82) is 0 Å². The van der Waals surface area contributed by atoms with Crippen molar-refractivity contribution < 1.29 is 4.79 Å². The predicted octanol–water partition coefficient (Wildman–Crippen LogP) is 3.70. The summed E-state index contributed by atoms with van der Waals surface area (Å²) in [6.45, 7) is 0. The summed E-state index contributed by atoms with van der Waals surface area (Å²) < 4.78 is 0. The highest BCUT2D eigenvalue weighted by Gasteiger charge is 2.02. The van der Waals surface area contributed by atoms with E-state index in [-0.39, 0.29) is 0 Å². The zero-order valence-electron chi connectivity index (χ0n) is 8.26. The van der Waals surface area contributed by atoms with Crippen LogP contribution in [0.4, 0.5) is 0 Å². The molecule has 0 saturated carbocycles. The molecule has 2 rings (SSSR count). The van der Waals surface area contributed by atoms with Gasteiger partial charge in [0.25, 0.3) is 0 Å². The first kappa shape index (κ1) is 11.2. The molecule has 80 valence electrons. The third-order valence-corrected chi connectivity index (χ3v) is 3.31. The van der Waals surface area contributed by atoms with E-state index in [0.29, 0.717) is 10.6 Å². The number of aldehydes is 1. The van der Waals surface area contributed by atoms with E-state index >= 15 is 0 Å². The van der Waals surface area contributed by atoms with Gasteiger partial charge in [-0.3, -0.25) is 9.78 Å². The Hall–Kier alpha value is -1.32. The Morgan fingerprint density at radius 2 is 1.88 bits per heavy atom. The highest BCUT2D eigenvalue weighted by Crippen LogP contribution is 2.29. The van der Waals surface area contributed by atoms with E-state index in [4.69, 9.17) is 11.6 Å². The highest BCUT2D eigenvalue weighted by atomic mass is 35.5. The quantitative estimate of drug-likeness (QED) is 0.777. The minimum absolute atomic E-state index is 0.481. The molecule has 1 aromatic heterocycles. The number of rotatable bonds is 3. The zero-order valence-corrected chi connectivity index (χ0v) is 9.83. The maximum absolute atomic E-state index is 10.6. The summed E-state index contributed by atoms with van der Waals surface area (Å²) in [5.41, 5.74) is 0.515. The summed E-state index contributed by atoms with van der Waals surface area (Å²) in [5.74, 6) is 0. The van der Waals surface area contributed by atoms with Crippen LogP contribution in [0.15, 0.2) is 52.5 Å². The number of carbonyl (C=O) groups is 1. The fraction of sp³-hybridized carbons (Fsp3) is 0. The number of aromatic nitrogens is 1. The van der Waals surface area contributed by atoms with Crippen LogP contribution in [0, 0.1) is 0 Å². The van der Waals surface area contributed by atoms with Gasteiger partial charge in [-0.05, 0) is 30.3 Å². The predicted molar refractivity (Wildman–Crippen MR) is 65.2 cm³/mol. The summed E-state index contributed by atoms with van der Waals surface area (Å²) in [7, 11) is 0. The summed E-state index contributed by atoms with van der Waals surface area (Å²) in [4.78, 5) is 16.6. The molecule has 0 unspecified atom stereocenters. The van der Waals surface area contributed by atoms with Gasteiger partial charge in [-0.1, -0.05) is 23.4 Å². The number of pyridine rings is 1. The van der Waals surface area contributed by atoms with Crippen LogP contribution in [0.3, 0.4) is 0 Å². The van der Waals surface area contributed by atoms with Gasteiger partial charge < -0.3 is 0 Å². The average molecular weight is 250 g/mol. The molecule has 0 atom stereocenters. The molecule has 0 N–H and O–H groups in total. The molecule has 0 amide bonds. The molecule has 0 spiro atoms. The molecular weight excluding hydrogens is 242 g/mol. The lowest BCUT2D eigenvalue weighted by Crippen LogP contribution is -1.82. The molecule has 2 aromatic rings. The van der Waals surface area contributed by atoms with E-state index in [1.807, 2.05) is 18.2 Å². The first-order valence-corrected chi connectivity index (χ1v) is 5.81. The second-order valence-electron chi connectivity index (χ2n) is 3.09. The summed E-state index contributed by atoms with van der Waals surface area (Å²) in [6.07, 6.45) is 4.23. The Kier molecular flexibility index (Phi) is 3.59. The van der Waals surface area contributed by atoms with Crippen LogP contribution in [0.1, 0.15) is 10.4 Å². The molecule has 0 aliphatic heterocycles. The highest BCUT2D eigenvalue weighted by molar-refractivity contribution is 7.99. The number of hydrogen-bond acceptors (Lipinski definition) is 3. The minimum atomic E-state index is 0.481. The Labute approximate surface area is 103 Å². The van der Waals surface area contributed by atoms with Crippen LogP contribution in [0.5, 0.6) is 0 Å². The lowest BCUT2D eigenvalue weighted by molar-refractivity contribution is 0.112. The first-order chi connectivity index (χ1) is 7.79. The van der Waals surface area contributed by atoms with E-state index in [1.54, 1.807) is 36.3 Å². The number of nitrogens with zero attached hydrogens (tertiary/aromatic N) is 1. The Bertz CT molecular complexity index is 502. The monoisotopic (exact) mass is 249 g/mol. The van der Waals surface area contributed by atoms with Crippen molar-refractivity contribution in [3.63, 3.8) is 0 Å². The maximum atomic E-state index is 10.6. The van der Waals surface area contributed by atoms with Crippen molar-refractivity contribution in [3.05, 3.63) is 53.3 Å². The molecule has 0 aliphatic carbocycles. The van der Waals surface area contributed by atoms with Gasteiger partial charge in [0.2, 0.25) is 0 Å². The second kappa shape index (κ2) is 5.14. The Balaban J connectivity index is 2.23. The topological polar surface area (TPSA) is 30.0 Å². The van der Waals surface area contributed by atoms with Gasteiger partial charge >= 0.3 is 0 Å². The summed E-state index contributed by atoms with van der Waals surface area (Å²) >= 11 is 7.52. The molecule has 1 aromatic carbocycles. The smallest absolute Gasteiger partial charge is 0.151 e. The zero-order chi connectivity index (χ0) is 11.4. The van der Waals surface area contributed by atoms with Crippen molar-refractivity contribution >= 4 is 29.6 Å². The van der Waals surface area contributed by atoms with Crippen molar-refractivity contribution in [2.24, 2.45) is 0 Å². The van der Waals surface area contributed by atoms with Crippen LogP contribution < -0.4 is 0 Å². The molecular formula is C12H8ClNOS. The summed E-state index contributed by atoms with van der Waals surface area (Å²) in [6, 6.07) is 9.23. The van der Waals surface area contributed by atoms with Gasteiger partial charge in [0, 0.05) is 27.7 Å². The third kappa shape index (κ3) is 2.62. The van der Waals surface area contributed by atoms with Gasteiger partial charge in [-0.25, -0.2) is 0 Å². The van der Waals surface area contributed by atoms with Crippen LogP contribution in [0.2, 0.25) is 5.02 Å². The molecule has 0 saturated heterocycles. The van der Waals surface area contributed by atoms with Gasteiger partial charge in [0.1, 0.15) is 0 Å². The SMILES string of the molecule is O=Cc1ccc(Sc2ccncc2)cc1Cl. The average Bonchev–Trinajstić information content (AvgIpc) is 2.31. The fourth-order valence-electron chi connectivity index (χ4n) is 1.21. The van der Waals surface area contributed by atoms with E-state index in [2.05, 4.69) is 4.98 Å². The van der Waals surface area contributed by atoms with E-state index in [0.717, 1.165) is 16.1 Å². The standard InChI is InChI=1S/C12H8ClNOS/c13-12-7-11(2-1-9(12)8-15)16-10-3-5-14-6-4-10/h1-8H. The third-order valence-electron chi connectivity index (χ3n) is 1.98. The lowest BCUT2D eigenvalue weighted by Gasteiger charge is -2.02. The Morgan fingerprint density at radius 1 is 1.12 bits per heavy atom. The van der Waals surface area contributed by atoms with E-state index in [1.165, 1.54) is 0 Å². The number of carbonyl (C=O) groups excluding carboxylic acids is 1. The molecule has 0 bridgehead atoms. The van der Waals surface area contributed by atoms with Crippen molar-refractivity contribution in [3.8, 4) is 0 Å². The van der Waals surface area contributed by atoms with Crippen molar-refractivity contribution in [1.82, 2.24) is 4.98 Å². The lowest BCUT2D eigenvalue weighted by atomic mass is 10.2. The molecule has 0 aliphatic rings. The van der Waals surface area contributed by atoms with Gasteiger partial charge in [-0.15, -0.1) is 0 Å². The maximum Gasteiger partial charge on any atom is 0.151 e. The van der Waals surface area contributed by atoms with Crippen LogP contribution in [0.25, 0.3) is 0 Å². The molecule has 4 heteroatoms. The summed E-state index contributed by atoms with van der Waals surface area (Å²) in [5, 5.41) is 0.481. The number of hydrogen-bond donors (Lipinski definition) is 0. The number of benzene rings is 1. The van der Waals surface area contributed by atoms with Gasteiger partial charge in [-0.2, -0.15) is 0 Å². The van der Waals surface area contributed by atoms with Crippen molar-refractivity contribution in [2.45, 2.75) is 9.79 Å². The Morgan fingerprint density at radius 3 is 2.50 bits per heavy atom. The van der Waals surface area contributed by atoms with Gasteiger partial charge in [0.05, 0.1) is 5.02 Å². The molecule has 16 heavy (non-hydrogen) atoms. The fourth-order valence-corrected chi connectivity index (χ4v) is 2.34. The van der Waals surface area contributed by atoms with Gasteiger partial charge in [0.15, 0.2) is 6.29 Å². The molecule has 1 heterocycles. The van der Waals surface area contributed by atoms with E-state index < -0.39 is 0 Å². The molecule has 0 fully saturated rings.